The number of amides is 1. The molecule has 1 amide bonds. The highest BCUT2D eigenvalue weighted by Gasteiger charge is 2.34. The van der Waals surface area contributed by atoms with Gasteiger partial charge < -0.3 is 14.2 Å². The highest BCUT2D eigenvalue weighted by Crippen LogP contribution is 2.37. The summed E-state index contributed by atoms with van der Waals surface area (Å²) in [7, 11) is 3.23. The predicted octanol–water partition coefficient (Wildman–Crippen LogP) is 2.78. The van der Waals surface area contributed by atoms with Crippen LogP contribution in [-0.4, -0.2) is 68.6 Å². The van der Waals surface area contributed by atoms with Gasteiger partial charge in [-0.1, -0.05) is 12.1 Å². The molecule has 2 aromatic rings. The van der Waals surface area contributed by atoms with Crippen LogP contribution in [-0.2, 0) is 9.53 Å². The maximum atomic E-state index is 13.2. The van der Waals surface area contributed by atoms with Gasteiger partial charge in [0.2, 0.25) is 0 Å². The summed E-state index contributed by atoms with van der Waals surface area (Å²) in [6.45, 7) is 3.20. The van der Waals surface area contributed by atoms with Crippen molar-refractivity contribution in [3.05, 3.63) is 46.2 Å². The Labute approximate surface area is 174 Å². The van der Waals surface area contributed by atoms with Crippen molar-refractivity contribution in [2.45, 2.75) is 12.5 Å². The average molecular weight is 416 g/mol. The Hall–Kier alpha value is -2.42. The van der Waals surface area contributed by atoms with Crippen molar-refractivity contribution >= 4 is 23.0 Å². The molecule has 1 atom stereocenters. The van der Waals surface area contributed by atoms with E-state index >= 15 is 0 Å². The van der Waals surface area contributed by atoms with Gasteiger partial charge in [0.1, 0.15) is 0 Å². The molecule has 0 aliphatic carbocycles. The molecule has 0 saturated carbocycles. The van der Waals surface area contributed by atoms with Crippen LogP contribution in [0, 0.1) is 0 Å². The average Bonchev–Trinajstić information content (AvgIpc) is 3.44. The van der Waals surface area contributed by atoms with Gasteiger partial charge in [-0.05, 0) is 29.1 Å². The lowest BCUT2D eigenvalue weighted by molar-refractivity contribution is -0.135. The first-order valence-corrected chi connectivity index (χ1v) is 10.5. The number of methoxy groups -OCH3 is 2. The molecule has 0 bridgehead atoms. The van der Waals surface area contributed by atoms with Crippen molar-refractivity contribution in [2.75, 3.05) is 47.1 Å². The summed E-state index contributed by atoms with van der Waals surface area (Å²) >= 11 is 1.64. The molecule has 1 aromatic heterocycles. The van der Waals surface area contributed by atoms with Gasteiger partial charge in [0.05, 0.1) is 50.6 Å². The smallest absolute Gasteiger partial charge is 0.257 e. The third-order valence-corrected chi connectivity index (χ3v) is 6.15. The number of thiophene rings is 1. The minimum Gasteiger partial charge on any atom is -0.493 e. The summed E-state index contributed by atoms with van der Waals surface area (Å²) in [5.41, 5.74) is 1.92. The zero-order valence-corrected chi connectivity index (χ0v) is 17.5. The van der Waals surface area contributed by atoms with E-state index in [2.05, 4.69) is 4.90 Å². The fraction of sp³-hybridized carbons (Fsp3) is 0.429. The summed E-state index contributed by atoms with van der Waals surface area (Å²) in [5, 5.41) is 8.41. The molecular formula is C21H25N3O4S. The zero-order chi connectivity index (χ0) is 20.2. The van der Waals surface area contributed by atoms with E-state index in [9.17, 15) is 4.79 Å². The van der Waals surface area contributed by atoms with Crippen molar-refractivity contribution in [1.82, 2.24) is 9.91 Å². The third kappa shape index (κ3) is 4.29. The number of hydrogen-bond acceptors (Lipinski definition) is 7. The first-order chi connectivity index (χ1) is 14.2. The highest BCUT2D eigenvalue weighted by molar-refractivity contribution is 7.12. The molecular weight excluding hydrogens is 390 g/mol. The number of carbonyl (C=O) groups excluding carboxylic acids is 1. The van der Waals surface area contributed by atoms with Crippen LogP contribution in [0.1, 0.15) is 22.9 Å². The molecule has 2 aliphatic heterocycles. The van der Waals surface area contributed by atoms with E-state index in [4.69, 9.17) is 19.3 Å². The molecule has 1 aromatic carbocycles. The molecule has 2 aliphatic rings. The highest BCUT2D eigenvalue weighted by atomic mass is 32.1. The topological polar surface area (TPSA) is 63.6 Å². The second-order valence-electron chi connectivity index (χ2n) is 6.99. The molecule has 8 heteroatoms. The number of ether oxygens (including phenoxy) is 3. The van der Waals surface area contributed by atoms with E-state index in [-0.39, 0.29) is 11.9 Å². The summed E-state index contributed by atoms with van der Waals surface area (Å²) in [6, 6.07) is 9.68. The van der Waals surface area contributed by atoms with Crippen LogP contribution in [0.4, 0.5) is 0 Å². The van der Waals surface area contributed by atoms with Gasteiger partial charge in [0, 0.05) is 19.5 Å². The van der Waals surface area contributed by atoms with Crippen LogP contribution in [0.3, 0.4) is 0 Å². The summed E-state index contributed by atoms with van der Waals surface area (Å²) in [6.07, 6.45) is 0.671. The van der Waals surface area contributed by atoms with Crippen LogP contribution in [0.15, 0.2) is 40.8 Å². The van der Waals surface area contributed by atoms with Gasteiger partial charge in [-0.3, -0.25) is 9.69 Å². The largest absolute Gasteiger partial charge is 0.493 e. The van der Waals surface area contributed by atoms with E-state index < -0.39 is 0 Å². The minimum atomic E-state index is -0.166. The summed E-state index contributed by atoms with van der Waals surface area (Å²) < 4.78 is 16.2. The Morgan fingerprint density at radius 3 is 2.69 bits per heavy atom. The molecule has 0 spiro atoms. The standard InChI is InChI=1S/C21H25N3O4S/c1-26-18-6-5-15(12-19(18)27-2)17-13-16(20-4-3-11-29-20)22-24(17)21(25)14-23-7-9-28-10-8-23/h3-6,11-12,17H,7-10,13-14H2,1-2H3/t17-/m1/s1. The Kier molecular flexibility index (Phi) is 6.13. The summed E-state index contributed by atoms with van der Waals surface area (Å²) in [5.74, 6) is 1.31. The molecule has 29 heavy (non-hydrogen) atoms. The van der Waals surface area contributed by atoms with Crippen molar-refractivity contribution in [2.24, 2.45) is 5.10 Å². The molecule has 154 valence electrons. The minimum absolute atomic E-state index is 0.00163. The fourth-order valence-electron chi connectivity index (χ4n) is 3.67. The summed E-state index contributed by atoms with van der Waals surface area (Å²) in [4.78, 5) is 16.4. The maximum Gasteiger partial charge on any atom is 0.257 e. The van der Waals surface area contributed by atoms with E-state index in [0.29, 0.717) is 37.7 Å². The maximum absolute atomic E-state index is 13.2. The number of hydrogen-bond donors (Lipinski definition) is 0. The lowest BCUT2D eigenvalue weighted by Gasteiger charge is -2.29. The van der Waals surface area contributed by atoms with Gasteiger partial charge in [0.15, 0.2) is 11.5 Å². The van der Waals surface area contributed by atoms with Gasteiger partial charge in [-0.15, -0.1) is 11.3 Å². The molecule has 0 radical (unpaired) electrons. The SMILES string of the molecule is COc1ccc([C@H]2CC(c3cccs3)=NN2C(=O)CN2CCOCC2)cc1OC. The van der Waals surface area contributed by atoms with Gasteiger partial charge in [-0.25, -0.2) is 5.01 Å². The quantitative estimate of drug-likeness (QED) is 0.726. The van der Waals surface area contributed by atoms with E-state index in [1.807, 2.05) is 35.7 Å². The van der Waals surface area contributed by atoms with Gasteiger partial charge >= 0.3 is 0 Å². The van der Waals surface area contributed by atoms with E-state index in [1.54, 1.807) is 30.6 Å². The van der Waals surface area contributed by atoms with Crippen molar-refractivity contribution in [3.63, 3.8) is 0 Å². The van der Waals surface area contributed by atoms with E-state index in [0.717, 1.165) is 29.2 Å². The van der Waals surface area contributed by atoms with Crippen molar-refractivity contribution in [1.29, 1.82) is 0 Å². The van der Waals surface area contributed by atoms with Gasteiger partial charge in [0.25, 0.3) is 5.91 Å². The van der Waals surface area contributed by atoms with Gasteiger partial charge in [-0.2, -0.15) is 5.10 Å². The number of nitrogens with zero attached hydrogens (tertiary/aromatic N) is 3. The Bertz CT molecular complexity index is 878. The molecule has 7 nitrogen and oxygen atoms in total. The van der Waals surface area contributed by atoms with Crippen LogP contribution in [0.5, 0.6) is 11.5 Å². The monoisotopic (exact) mass is 415 g/mol. The molecule has 1 fully saturated rings. The number of rotatable bonds is 6. The Morgan fingerprint density at radius 2 is 2.00 bits per heavy atom. The van der Waals surface area contributed by atoms with Crippen molar-refractivity contribution < 1.29 is 19.0 Å². The lowest BCUT2D eigenvalue weighted by atomic mass is 10.0. The Balaban J connectivity index is 1.61. The van der Waals surface area contributed by atoms with E-state index in [1.165, 1.54) is 0 Å². The number of morpholine rings is 1. The fourth-order valence-corrected chi connectivity index (χ4v) is 4.40. The third-order valence-electron chi connectivity index (χ3n) is 5.23. The molecule has 4 rings (SSSR count). The molecule has 0 N–H and O–H groups in total. The first kappa shape index (κ1) is 19.9. The molecule has 0 unspecified atom stereocenters. The predicted molar refractivity (Wildman–Crippen MR) is 112 cm³/mol. The second kappa shape index (κ2) is 8.94. The number of benzene rings is 1. The number of carbonyl (C=O) groups is 1. The normalized spacial score (nSPS) is 19.9. The van der Waals surface area contributed by atoms with Crippen LogP contribution in [0.2, 0.25) is 0 Å². The van der Waals surface area contributed by atoms with Crippen LogP contribution in [0.25, 0.3) is 0 Å². The zero-order valence-electron chi connectivity index (χ0n) is 16.7. The van der Waals surface area contributed by atoms with Crippen LogP contribution < -0.4 is 9.47 Å². The molecule has 1 saturated heterocycles. The Morgan fingerprint density at radius 1 is 1.21 bits per heavy atom. The number of hydrazone groups is 1. The lowest BCUT2D eigenvalue weighted by Crippen LogP contribution is -2.43. The molecule has 3 heterocycles. The second-order valence-corrected chi connectivity index (χ2v) is 7.93. The first-order valence-electron chi connectivity index (χ1n) is 9.65. The van der Waals surface area contributed by atoms with Crippen molar-refractivity contribution in [3.8, 4) is 11.5 Å². The van der Waals surface area contributed by atoms with Crippen LogP contribution >= 0.6 is 11.3 Å².